The van der Waals surface area contributed by atoms with Crippen LogP contribution in [-0.2, 0) is 9.47 Å². The van der Waals surface area contributed by atoms with E-state index in [1.54, 1.807) is 0 Å². The summed E-state index contributed by atoms with van der Waals surface area (Å²) in [5.41, 5.74) is 5.32. The van der Waals surface area contributed by atoms with E-state index in [0.29, 0.717) is 39.6 Å². The highest BCUT2D eigenvalue weighted by Crippen LogP contribution is 2.20. The summed E-state index contributed by atoms with van der Waals surface area (Å²) in [5, 5.41) is 2.42. The Balaban J connectivity index is 1.59. The van der Waals surface area contributed by atoms with E-state index in [1.165, 1.54) is 10.8 Å². The van der Waals surface area contributed by atoms with Crippen LogP contribution in [0, 0.1) is 0 Å². The van der Waals surface area contributed by atoms with Gasteiger partial charge in [-0.25, -0.2) is 0 Å². The van der Waals surface area contributed by atoms with Crippen LogP contribution < -0.4 is 10.5 Å². The van der Waals surface area contributed by atoms with Crippen LogP contribution in [0.15, 0.2) is 42.5 Å². The number of nitrogens with two attached hydrogens (primary N) is 1. The lowest BCUT2D eigenvalue weighted by Crippen LogP contribution is -2.12. The van der Waals surface area contributed by atoms with Crippen molar-refractivity contribution in [2.75, 3.05) is 39.6 Å². The highest BCUT2D eigenvalue weighted by molar-refractivity contribution is 5.83. The molecule has 0 spiro atoms. The molecule has 0 saturated heterocycles. The molecule has 2 aromatic carbocycles. The van der Waals surface area contributed by atoms with Gasteiger partial charge in [0.2, 0.25) is 0 Å². The molecule has 0 heterocycles. The zero-order chi connectivity index (χ0) is 14.8. The summed E-state index contributed by atoms with van der Waals surface area (Å²) in [6, 6.07) is 14.4. The Morgan fingerprint density at radius 2 is 1.52 bits per heavy atom. The molecule has 114 valence electrons. The molecule has 2 N–H and O–H groups in total. The van der Waals surface area contributed by atoms with Gasteiger partial charge < -0.3 is 19.9 Å². The smallest absolute Gasteiger partial charge is 0.119 e. The lowest BCUT2D eigenvalue weighted by atomic mass is 10.1. The Labute approximate surface area is 125 Å². The minimum absolute atomic E-state index is 0.555. The Morgan fingerprint density at radius 3 is 2.33 bits per heavy atom. The SMILES string of the molecule is NCCOCCOCCCOc1ccc2ccccc2c1. The Bertz CT molecular complexity index is 530. The van der Waals surface area contributed by atoms with Gasteiger partial charge in [0.15, 0.2) is 0 Å². The van der Waals surface area contributed by atoms with E-state index in [-0.39, 0.29) is 0 Å². The summed E-state index contributed by atoms with van der Waals surface area (Å²) >= 11 is 0. The van der Waals surface area contributed by atoms with Crippen LogP contribution in [0.4, 0.5) is 0 Å². The fourth-order valence-electron chi connectivity index (χ4n) is 2.01. The molecule has 0 radical (unpaired) electrons. The summed E-state index contributed by atoms with van der Waals surface area (Å²) in [4.78, 5) is 0. The first-order valence-corrected chi connectivity index (χ1v) is 7.37. The zero-order valence-corrected chi connectivity index (χ0v) is 12.3. The largest absolute Gasteiger partial charge is 0.493 e. The monoisotopic (exact) mass is 289 g/mol. The minimum atomic E-state index is 0.555. The molecule has 0 amide bonds. The van der Waals surface area contributed by atoms with Gasteiger partial charge in [-0.1, -0.05) is 30.3 Å². The van der Waals surface area contributed by atoms with Crippen molar-refractivity contribution < 1.29 is 14.2 Å². The van der Waals surface area contributed by atoms with Crippen LogP contribution in [0.1, 0.15) is 6.42 Å². The van der Waals surface area contributed by atoms with Gasteiger partial charge in [-0.2, -0.15) is 0 Å². The van der Waals surface area contributed by atoms with Crippen LogP contribution in [0.25, 0.3) is 10.8 Å². The number of hydrogen-bond donors (Lipinski definition) is 1. The second-order valence-electron chi connectivity index (χ2n) is 4.72. The highest BCUT2D eigenvalue weighted by atomic mass is 16.5. The van der Waals surface area contributed by atoms with Gasteiger partial charge in [0.05, 0.1) is 26.4 Å². The summed E-state index contributed by atoms with van der Waals surface area (Å²) in [6.07, 6.45) is 0.865. The third-order valence-corrected chi connectivity index (χ3v) is 3.06. The lowest BCUT2D eigenvalue weighted by molar-refractivity contribution is 0.0463. The van der Waals surface area contributed by atoms with Crippen molar-refractivity contribution in [2.45, 2.75) is 6.42 Å². The Hall–Kier alpha value is -1.62. The second kappa shape index (κ2) is 9.34. The lowest BCUT2D eigenvalue weighted by Gasteiger charge is -2.08. The number of benzene rings is 2. The molecule has 0 aliphatic carbocycles. The molecule has 21 heavy (non-hydrogen) atoms. The number of fused-ring (bicyclic) bond motifs is 1. The first kappa shape index (κ1) is 15.8. The molecule has 0 aliphatic rings. The van der Waals surface area contributed by atoms with Crippen molar-refractivity contribution in [1.82, 2.24) is 0 Å². The fraction of sp³-hybridized carbons (Fsp3) is 0.412. The number of ether oxygens (including phenoxy) is 3. The van der Waals surface area contributed by atoms with Gasteiger partial charge in [0.25, 0.3) is 0 Å². The first-order valence-electron chi connectivity index (χ1n) is 7.37. The normalized spacial score (nSPS) is 10.9. The molecule has 0 fully saturated rings. The van der Waals surface area contributed by atoms with E-state index < -0.39 is 0 Å². The molecule has 2 rings (SSSR count). The van der Waals surface area contributed by atoms with Gasteiger partial charge >= 0.3 is 0 Å². The van der Waals surface area contributed by atoms with Crippen molar-refractivity contribution >= 4 is 10.8 Å². The molecule has 0 atom stereocenters. The molecule has 0 bridgehead atoms. The van der Waals surface area contributed by atoms with Crippen LogP contribution in [-0.4, -0.2) is 39.6 Å². The van der Waals surface area contributed by atoms with Gasteiger partial charge in [0, 0.05) is 19.6 Å². The first-order chi connectivity index (χ1) is 10.4. The predicted octanol–water partition coefficient (Wildman–Crippen LogP) is 2.60. The van der Waals surface area contributed by atoms with E-state index in [1.807, 2.05) is 18.2 Å². The zero-order valence-electron chi connectivity index (χ0n) is 12.3. The Morgan fingerprint density at radius 1 is 0.762 bits per heavy atom. The molecule has 4 nitrogen and oxygen atoms in total. The predicted molar refractivity (Wildman–Crippen MR) is 84.8 cm³/mol. The van der Waals surface area contributed by atoms with E-state index in [4.69, 9.17) is 19.9 Å². The van der Waals surface area contributed by atoms with Crippen molar-refractivity contribution in [3.63, 3.8) is 0 Å². The molecule has 0 unspecified atom stereocenters. The van der Waals surface area contributed by atoms with E-state index >= 15 is 0 Å². The van der Waals surface area contributed by atoms with Crippen LogP contribution in [0.5, 0.6) is 5.75 Å². The van der Waals surface area contributed by atoms with Crippen molar-refractivity contribution in [3.05, 3.63) is 42.5 Å². The van der Waals surface area contributed by atoms with Gasteiger partial charge in [-0.05, 0) is 22.9 Å². The molecular formula is C17H23NO3. The molecule has 2 aromatic rings. The van der Waals surface area contributed by atoms with Crippen molar-refractivity contribution in [1.29, 1.82) is 0 Å². The molecule has 0 aromatic heterocycles. The summed E-state index contributed by atoms with van der Waals surface area (Å²) in [5.74, 6) is 0.903. The molecular weight excluding hydrogens is 266 g/mol. The van der Waals surface area contributed by atoms with Gasteiger partial charge in [0.1, 0.15) is 5.75 Å². The topological polar surface area (TPSA) is 53.7 Å². The maximum Gasteiger partial charge on any atom is 0.119 e. The number of rotatable bonds is 10. The van der Waals surface area contributed by atoms with E-state index in [0.717, 1.165) is 12.2 Å². The van der Waals surface area contributed by atoms with Gasteiger partial charge in [-0.3, -0.25) is 0 Å². The van der Waals surface area contributed by atoms with Crippen molar-refractivity contribution in [3.8, 4) is 5.75 Å². The summed E-state index contributed by atoms with van der Waals surface area (Å²) in [6.45, 7) is 3.69. The second-order valence-corrected chi connectivity index (χ2v) is 4.72. The third kappa shape index (κ3) is 5.71. The highest BCUT2D eigenvalue weighted by Gasteiger charge is 1.97. The van der Waals surface area contributed by atoms with E-state index in [2.05, 4.69) is 24.3 Å². The molecule has 4 heteroatoms. The summed E-state index contributed by atoms with van der Waals surface area (Å²) in [7, 11) is 0. The maximum atomic E-state index is 5.73. The third-order valence-electron chi connectivity index (χ3n) is 3.06. The van der Waals surface area contributed by atoms with Crippen LogP contribution >= 0.6 is 0 Å². The fourth-order valence-corrected chi connectivity index (χ4v) is 2.01. The van der Waals surface area contributed by atoms with Crippen LogP contribution in [0.2, 0.25) is 0 Å². The van der Waals surface area contributed by atoms with Crippen molar-refractivity contribution in [2.24, 2.45) is 5.73 Å². The molecule has 0 aliphatic heterocycles. The number of hydrogen-bond acceptors (Lipinski definition) is 4. The molecule has 0 saturated carbocycles. The summed E-state index contributed by atoms with van der Waals surface area (Å²) < 4.78 is 16.4. The minimum Gasteiger partial charge on any atom is -0.493 e. The standard InChI is InChI=1S/C17H23NO3/c18-8-11-20-13-12-19-9-3-10-21-17-7-6-15-4-1-2-5-16(15)14-17/h1-2,4-7,14H,3,8-13,18H2. The average molecular weight is 289 g/mol. The quantitative estimate of drug-likeness (QED) is 0.683. The van der Waals surface area contributed by atoms with E-state index in [9.17, 15) is 0 Å². The van der Waals surface area contributed by atoms with Crippen LogP contribution in [0.3, 0.4) is 0 Å². The van der Waals surface area contributed by atoms with Gasteiger partial charge in [-0.15, -0.1) is 0 Å². The Kier molecular flexibility index (Phi) is 7.01. The average Bonchev–Trinajstić information content (AvgIpc) is 2.53. The maximum absolute atomic E-state index is 5.73.